The molecule has 9 heteroatoms. The Labute approximate surface area is 159 Å². The molecule has 4 rings (SSSR count). The maximum atomic E-state index is 12.3. The molecule has 0 aliphatic carbocycles. The zero-order valence-corrected chi connectivity index (χ0v) is 15.4. The first-order valence-electron chi connectivity index (χ1n) is 8.71. The van der Waals surface area contributed by atoms with Gasteiger partial charge in [-0.2, -0.15) is 0 Å². The number of thiophene rings is 1. The molecule has 1 N–H and O–H groups in total. The van der Waals surface area contributed by atoms with Gasteiger partial charge in [-0.1, -0.05) is 6.07 Å². The highest BCUT2D eigenvalue weighted by atomic mass is 32.1. The number of amides is 2. The fraction of sp³-hybridized carbons (Fsp3) is 0.278. The average molecular weight is 382 g/mol. The first kappa shape index (κ1) is 17.3. The molecule has 2 aromatic heterocycles. The largest absolute Gasteiger partial charge is 0.336 e. The first-order chi connectivity index (χ1) is 13.2. The van der Waals surface area contributed by atoms with Gasteiger partial charge >= 0.3 is 0 Å². The van der Waals surface area contributed by atoms with Crippen LogP contribution >= 0.6 is 11.3 Å². The normalized spacial score (nSPS) is 13.7. The Kier molecular flexibility index (Phi) is 4.93. The number of likely N-dealkylation sites (tertiary alicyclic amines) is 1. The molecule has 2 amide bonds. The Hall–Kier alpha value is -3.07. The molecule has 3 aromatic rings. The number of rotatable bonds is 5. The first-order valence-corrected chi connectivity index (χ1v) is 9.59. The number of carbonyl (C=O) groups excluding carboxylic acids is 2. The van der Waals surface area contributed by atoms with Gasteiger partial charge in [0, 0.05) is 23.7 Å². The highest BCUT2D eigenvalue weighted by molar-refractivity contribution is 7.10. The Balaban J connectivity index is 1.40. The maximum absolute atomic E-state index is 12.3. The summed E-state index contributed by atoms with van der Waals surface area (Å²) in [6, 6.07) is 10.9. The number of hydrogen-bond acceptors (Lipinski definition) is 6. The van der Waals surface area contributed by atoms with E-state index in [0.29, 0.717) is 17.8 Å². The third kappa shape index (κ3) is 4.03. The van der Waals surface area contributed by atoms with E-state index in [2.05, 4.69) is 20.7 Å². The monoisotopic (exact) mass is 382 g/mol. The lowest BCUT2D eigenvalue weighted by Gasteiger charge is -2.11. The van der Waals surface area contributed by atoms with Crippen molar-refractivity contribution in [3.05, 3.63) is 52.5 Å². The van der Waals surface area contributed by atoms with Crippen LogP contribution in [0.25, 0.3) is 5.69 Å². The highest BCUT2D eigenvalue weighted by Crippen LogP contribution is 2.15. The number of nitrogens with one attached hydrogen (secondary N) is 1. The number of hydrogen-bond donors (Lipinski definition) is 1. The van der Waals surface area contributed by atoms with Crippen molar-refractivity contribution < 1.29 is 9.59 Å². The Morgan fingerprint density at radius 3 is 2.59 bits per heavy atom. The van der Waals surface area contributed by atoms with Crippen LogP contribution in [-0.4, -0.2) is 50.0 Å². The van der Waals surface area contributed by atoms with Gasteiger partial charge in [-0.3, -0.25) is 9.59 Å². The van der Waals surface area contributed by atoms with Crippen molar-refractivity contribution >= 4 is 28.8 Å². The molecule has 0 spiro atoms. The summed E-state index contributed by atoms with van der Waals surface area (Å²) < 4.78 is 0. The Morgan fingerprint density at radius 1 is 1.11 bits per heavy atom. The van der Waals surface area contributed by atoms with E-state index in [4.69, 9.17) is 0 Å². The van der Waals surface area contributed by atoms with Crippen molar-refractivity contribution in [2.75, 3.05) is 18.4 Å². The van der Waals surface area contributed by atoms with Crippen LogP contribution in [0.5, 0.6) is 0 Å². The summed E-state index contributed by atoms with van der Waals surface area (Å²) in [5.41, 5.74) is 1.35. The lowest BCUT2D eigenvalue weighted by Crippen LogP contribution is -2.28. The average Bonchev–Trinajstić information content (AvgIpc) is 3.44. The van der Waals surface area contributed by atoms with E-state index in [1.54, 1.807) is 40.5 Å². The van der Waals surface area contributed by atoms with Crippen molar-refractivity contribution in [1.82, 2.24) is 25.1 Å². The van der Waals surface area contributed by atoms with Gasteiger partial charge in [0.05, 0.1) is 12.1 Å². The zero-order valence-electron chi connectivity index (χ0n) is 14.5. The maximum Gasteiger partial charge on any atom is 0.295 e. The van der Waals surface area contributed by atoms with E-state index >= 15 is 0 Å². The van der Waals surface area contributed by atoms with Crippen LogP contribution in [0.1, 0.15) is 28.3 Å². The van der Waals surface area contributed by atoms with E-state index in [1.807, 2.05) is 17.5 Å². The summed E-state index contributed by atoms with van der Waals surface area (Å²) in [6.07, 6.45) is 2.38. The number of aromatic nitrogens is 4. The summed E-state index contributed by atoms with van der Waals surface area (Å²) in [5.74, 6) is -0.149. The van der Waals surface area contributed by atoms with Crippen LogP contribution in [0.3, 0.4) is 0 Å². The molecule has 0 saturated carbocycles. The number of tetrazole rings is 1. The number of anilines is 1. The fourth-order valence-corrected chi connectivity index (χ4v) is 3.63. The molecule has 8 nitrogen and oxygen atoms in total. The molecule has 0 atom stereocenters. The molecule has 1 saturated heterocycles. The predicted octanol–water partition coefficient (Wildman–Crippen LogP) is 2.14. The smallest absolute Gasteiger partial charge is 0.295 e. The van der Waals surface area contributed by atoms with E-state index < -0.39 is 0 Å². The van der Waals surface area contributed by atoms with Crippen LogP contribution in [0.15, 0.2) is 41.8 Å². The predicted molar refractivity (Wildman–Crippen MR) is 101 cm³/mol. The van der Waals surface area contributed by atoms with Gasteiger partial charge in [0.15, 0.2) is 0 Å². The third-order valence-electron chi connectivity index (χ3n) is 4.30. The van der Waals surface area contributed by atoms with Gasteiger partial charge in [0.1, 0.15) is 0 Å². The van der Waals surface area contributed by atoms with E-state index in [1.165, 1.54) is 4.80 Å². The molecule has 0 unspecified atom stereocenters. The van der Waals surface area contributed by atoms with Crippen LogP contribution in [0.4, 0.5) is 5.69 Å². The summed E-state index contributed by atoms with van der Waals surface area (Å²) in [6.45, 7) is 1.49. The molecule has 0 bridgehead atoms. The van der Waals surface area contributed by atoms with Crippen LogP contribution < -0.4 is 5.32 Å². The highest BCUT2D eigenvalue weighted by Gasteiger charge is 2.23. The standard InChI is InChI=1S/C18H18N6O2S/c25-16(12-15-4-3-11-27-15)19-13-5-7-14(8-6-13)24-21-17(20-22-24)18(26)23-9-1-2-10-23/h3-8,11H,1-2,9-10,12H2,(H,19,25). The lowest BCUT2D eigenvalue weighted by atomic mass is 10.2. The lowest BCUT2D eigenvalue weighted by molar-refractivity contribution is -0.115. The third-order valence-corrected chi connectivity index (χ3v) is 5.17. The molecule has 138 valence electrons. The summed E-state index contributed by atoms with van der Waals surface area (Å²) >= 11 is 1.56. The zero-order chi connectivity index (χ0) is 18.6. The van der Waals surface area contributed by atoms with E-state index in [-0.39, 0.29) is 17.6 Å². The van der Waals surface area contributed by atoms with Gasteiger partial charge in [-0.15, -0.1) is 26.3 Å². The van der Waals surface area contributed by atoms with Crippen LogP contribution in [0, 0.1) is 0 Å². The van der Waals surface area contributed by atoms with Gasteiger partial charge in [0.2, 0.25) is 5.91 Å². The van der Waals surface area contributed by atoms with Crippen LogP contribution in [0.2, 0.25) is 0 Å². The molecular formula is C18H18N6O2S. The molecule has 1 aromatic carbocycles. The van der Waals surface area contributed by atoms with E-state index in [9.17, 15) is 9.59 Å². The second-order valence-electron chi connectivity index (χ2n) is 6.25. The minimum absolute atomic E-state index is 0.0671. The quantitative estimate of drug-likeness (QED) is 0.730. The molecule has 0 radical (unpaired) electrons. The summed E-state index contributed by atoms with van der Waals surface area (Å²) in [4.78, 5) is 28.4. The molecular weight excluding hydrogens is 364 g/mol. The van der Waals surface area contributed by atoms with Gasteiger partial charge < -0.3 is 10.2 Å². The summed E-state index contributed by atoms with van der Waals surface area (Å²) in [5, 5.41) is 16.8. The van der Waals surface area contributed by atoms with Crippen LogP contribution in [-0.2, 0) is 11.2 Å². The number of nitrogens with zero attached hydrogens (tertiary/aromatic N) is 5. The number of carbonyl (C=O) groups is 2. The molecule has 1 fully saturated rings. The second kappa shape index (κ2) is 7.67. The Bertz CT molecular complexity index is 929. The van der Waals surface area contributed by atoms with Crippen molar-refractivity contribution in [3.63, 3.8) is 0 Å². The fourth-order valence-electron chi connectivity index (χ4n) is 2.93. The molecule has 1 aliphatic rings. The van der Waals surface area contributed by atoms with Crippen molar-refractivity contribution in [2.45, 2.75) is 19.3 Å². The van der Waals surface area contributed by atoms with Gasteiger partial charge in [0.25, 0.3) is 11.7 Å². The topological polar surface area (TPSA) is 93.0 Å². The minimum atomic E-state index is -0.184. The SMILES string of the molecule is O=C(Cc1cccs1)Nc1ccc(-n2nnc(C(=O)N3CCCC3)n2)cc1. The second-order valence-corrected chi connectivity index (χ2v) is 7.29. The van der Waals surface area contributed by atoms with E-state index in [0.717, 1.165) is 30.8 Å². The van der Waals surface area contributed by atoms with Gasteiger partial charge in [-0.05, 0) is 53.8 Å². The van der Waals surface area contributed by atoms with Crippen molar-refractivity contribution in [2.24, 2.45) is 0 Å². The molecule has 3 heterocycles. The Morgan fingerprint density at radius 2 is 1.89 bits per heavy atom. The van der Waals surface area contributed by atoms with Crippen molar-refractivity contribution in [3.8, 4) is 5.69 Å². The minimum Gasteiger partial charge on any atom is -0.336 e. The molecule has 1 aliphatic heterocycles. The summed E-state index contributed by atoms with van der Waals surface area (Å²) in [7, 11) is 0. The van der Waals surface area contributed by atoms with Gasteiger partial charge in [-0.25, -0.2) is 0 Å². The molecule has 27 heavy (non-hydrogen) atoms. The van der Waals surface area contributed by atoms with Crippen molar-refractivity contribution in [1.29, 1.82) is 0 Å². The number of benzene rings is 1.